The fraction of sp³-hybridized carbons (Fsp3) is 0.778. The second-order valence-electron chi connectivity index (χ2n) is 3.56. The average molecular weight is 154 g/mol. The standard InChI is InChI=1S/C9H14O2/c1-5-4-6(2)9(11)7(3)8(5)10/h5-7H,4H2,1-3H3. The van der Waals surface area contributed by atoms with Crippen LogP contribution in [0.2, 0.25) is 0 Å². The summed E-state index contributed by atoms with van der Waals surface area (Å²) >= 11 is 0. The van der Waals surface area contributed by atoms with Crippen LogP contribution in [0.1, 0.15) is 27.2 Å². The second-order valence-corrected chi connectivity index (χ2v) is 3.56. The van der Waals surface area contributed by atoms with E-state index in [0.29, 0.717) is 0 Å². The number of hydrogen-bond donors (Lipinski definition) is 0. The molecule has 0 saturated heterocycles. The van der Waals surface area contributed by atoms with Crippen molar-refractivity contribution in [2.45, 2.75) is 27.2 Å². The zero-order valence-corrected chi connectivity index (χ0v) is 7.26. The topological polar surface area (TPSA) is 34.1 Å². The van der Waals surface area contributed by atoms with Crippen LogP contribution in [0.25, 0.3) is 0 Å². The number of rotatable bonds is 0. The van der Waals surface area contributed by atoms with Gasteiger partial charge in [-0.3, -0.25) is 9.59 Å². The van der Waals surface area contributed by atoms with Gasteiger partial charge in [-0.15, -0.1) is 0 Å². The Kier molecular flexibility index (Phi) is 2.12. The number of ketones is 2. The van der Waals surface area contributed by atoms with Crippen LogP contribution in [-0.4, -0.2) is 11.6 Å². The minimum absolute atomic E-state index is 0.0812. The van der Waals surface area contributed by atoms with E-state index < -0.39 is 0 Å². The lowest BCUT2D eigenvalue weighted by Gasteiger charge is -2.26. The third-order valence-corrected chi connectivity index (χ3v) is 2.53. The normalized spacial score (nSPS) is 39.4. The molecule has 11 heavy (non-hydrogen) atoms. The maximum absolute atomic E-state index is 11.3. The van der Waals surface area contributed by atoms with Crippen molar-refractivity contribution >= 4 is 11.6 Å². The van der Waals surface area contributed by atoms with Gasteiger partial charge in [0.05, 0.1) is 5.92 Å². The van der Waals surface area contributed by atoms with Gasteiger partial charge in [0.2, 0.25) is 0 Å². The summed E-state index contributed by atoms with van der Waals surface area (Å²) in [7, 11) is 0. The lowest BCUT2D eigenvalue weighted by molar-refractivity contribution is -0.140. The summed E-state index contributed by atoms with van der Waals surface area (Å²) in [6, 6.07) is 0. The van der Waals surface area contributed by atoms with Gasteiger partial charge >= 0.3 is 0 Å². The van der Waals surface area contributed by atoms with Crippen LogP contribution in [0.4, 0.5) is 0 Å². The summed E-state index contributed by atoms with van der Waals surface area (Å²) in [5, 5.41) is 0. The van der Waals surface area contributed by atoms with E-state index in [4.69, 9.17) is 0 Å². The van der Waals surface area contributed by atoms with E-state index in [1.807, 2.05) is 13.8 Å². The smallest absolute Gasteiger partial charge is 0.145 e. The van der Waals surface area contributed by atoms with Crippen molar-refractivity contribution in [1.82, 2.24) is 0 Å². The number of hydrogen-bond acceptors (Lipinski definition) is 2. The Balaban J connectivity index is 2.79. The fourth-order valence-corrected chi connectivity index (χ4v) is 1.76. The molecule has 0 amide bonds. The Hall–Kier alpha value is -0.660. The first-order valence-electron chi connectivity index (χ1n) is 4.11. The maximum Gasteiger partial charge on any atom is 0.145 e. The molecule has 1 saturated carbocycles. The molecule has 62 valence electrons. The lowest BCUT2D eigenvalue weighted by atomic mass is 9.75. The minimum Gasteiger partial charge on any atom is -0.299 e. The van der Waals surface area contributed by atoms with E-state index in [-0.39, 0.29) is 29.3 Å². The molecule has 0 heterocycles. The highest BCUT2D eigenvalue weighted by molar-refractivity contribution is 6.05. The average Bonchev–Trinajstić information content (AvgIpc) is 1.97. The van der Waals surface area contributed by atoms with Crippen molar-refractivity contribution in [3.8, 4) is 0 Å². The van der Waals surface area contributed by atoms with E-state index in [9.17, 15) is 9.59 Å². The Bertz CT molecular complexity index is 176. The molecular formula is C9H14O2. The summed E-state index contributed by atoms with van der Waals surface area (Å²) in [6.07, 6.45) is 0.738. The Morgan fingerprint density at radius 1 is 1.00 bits per heavy atom. The third kappa shape index (κ3) is 1.35. The van der Waals surface area contributed by atoms with Gasteiger partial charge in [0.15, 0.2) is 0 Å². The van der Waals surface area contributed by atoms with Gasteiger partial charge in [-0.05, 0) is 13.3 Å². The van der Waals surface area contributed by atoms with Gasteiger partial charge < -0.3 is 0 Å². The predicted octanol–water partition coefficient (Wildman–Crippen LogP) is 1.44. The molecule has 0 N–H and O–H groups in total. The summed E-state index contributed by atoms with van der Waals surface area (Å²) in [6.45, 7) is 5.53. The van der Waals surface area contributed by atoms with Crippen LogP contribution in [-0.2, 0) is 9.59 Å². The molecule has 2 unspecified atom stereocenters. The highest BCUT2D eigenvalue weighted by Gasteiger charge is 2.35. The van der Waals surface area contributed by atoms with Crippen LogP contribution < -0.4 is 0 Å². The third-order valence-electron chi connectivity index (χ3n) is 2.53. The van der Waals surface area contributed by atoms with Crippen molar-refractivity contribution in [2.24, 2.45) is 17.8 Å². The van der Waals surface area contributed by atoms with Crippen molar-refractivity contribution in [2.75, 3.05) is 0 Å². The van der Waals surface area contributed by atoms with E-state index in [0.717, 1.165) is 6.42 Å². The highest BCUT2D eigenvalue weighted by atomic mass is 16.2. The number of carbonyl (C=O) groups excluding carboxylic acids is 2. The molecule has 0 aromatic rings. The molecule has 0 aliphatic heterocycles. The van der Waals surface area contributed by atoms with Crippen LogP contribution in [0.3, 0.4) is 0 Å². The first-order valence-corrected chi connectivity index (χ1v) is 4.11. The zero-order chi connectivity index (χ0) is 8.59. The van der Waals surface area contributed by atoms with E-state index in [2.05, 4.69) is 0 Å². The molecule has 1 aliphatic carbocycles. The van der Waals surface area contributed by atoms with E-state index >= 15 is 0 Å². The molecule has 0 spiro atoms. The largest absolute Gasteiger partial charge is 0.299 e. The van der Waals surface area contributed by atoms with E-state index in [1.165, 1.54) is 0 Å². The molecule has 2 atom stereocenters. The molecule has 1 fully saturated rings. The molecule has 2 nitrogen and oxygen atoms in total. The fourth-order valence-electron chi connectivity index (χ4n) is 1.76. The van der Waals surface area contributed by atoms with Crippen LogP contribution >= 0.6 is 0 Å². The van der Waals surface area contributed by atoms with Crippen LogP contribution in [0.5, 0.6) is 0 Å². The molecular weight excluding hydrogens is 140 g/mol. The minimum atomic E-state index is -0.353. The molecule has 0 aromatic carbocycles. The summed E-state index contributed by atoms with van der Waals surface area (Å²) in [4.78, 5) is 22.5. The zero-order valence-electron chi connectivity index (χ0n) is 7.26. The highest BCUT2D eigenvalue weighted by Crippen LogP contribution is 2.26. The monoisotopic (exact) mass is 154 g/mol. The van der Waals surface area contributed by atoms with Gasteiger partial charge in [-0.25, -0.2) is 0 Å². The van der Waals surface area contributed by atoms with Gasteiger partial charge in [0, 0.05) is 11.8 Å². The quantitative estimate of drug-likeness (QED) is 0.495. The van der Waals surface area contributed by atoms with E-state index in [1.54, 1.807) is 6.92 Å². The molecule has 1 aliphatic rings. The molecule has 0 aromatic heterocycles. The van der Waals surface area contributed by atoms with Crippen molar-refractivity contribution in [1.29, 1.82) is 0 Å². The maximum atomic E-state index is 11.3. The lowest BCUT2D eigenvalue weighted by Crippen LogP contribution is -2.37. The summed E-state index contributed by atoms with van der Waals surface area (Å²) in [5.41, 5.74) is 0. The van der Waals surface area contributed by atoms with Gasteiger partial charge in [-0.1, -0.05) is 13.8 Å². The molecule has 2 heteroatoms. The summed E-state index contributed by atoms with van der Waals surface area (Å²) < 4.78 is 0. The van der Waals surface area contributed by atoms with Gasteiger partial charge in [0.25, 0.3) is 0 Å². The first-order chi connectivity index (χ1) is 5.04. The first kappa shape index (κ1) is 8.44. The summed E-state index contributed by atoms with van der Waals surface area (Å²) in [5.74, 6) is 0.0466. The van der Waals surface area contributed by atoms with Crippen LogP contribution in [0.15, 0.2) is 0 Å². The molecule has 1 rings (SSSR count). The Morgan fingerprint density at radius 3 is 1.73 bits per heavy atom. The molecule has 0 bridgehead atoms. The SMILES string of the molecule is CC1CC(C)C(=O)C(C)C1=O. The van der Waals surface area contributed by atoms with Crippen molar-refractivity contribution < 1.29 is 9.59 Å². The second kappa shape index (κ2) is 2.76. The van der Waals surface area contributed by atoms with Gasteiger partial charge in [0.1, 0.15) is 11.6 Å². The Morgan fingerprint density at radius 2 is 1.36 bits per heavy atom. The van der Waals surface area contributed by atoms with Gasteiger partial charge in [-0.2, -0.15) is 0 Å². The van der Waals surface area contributed by atoms with Crippen molar-refractivity contribution in [3.63, 3.8) is 0 Å². The molecule has 0 radical (unpaired) electrons. The van der Waals surface area contributed by atoms with Crippen molar-refractivity contribution in [3.05, 3.63) is 0 Å². The van der Waals surface area contributed by atoms with Crippen LogP contribution in [0, 0.1) is 17.8 Å². The predicted molar refractivity (Wildman–Crippen MR) is 42.1 cm³/mol. The number of Topliss-reactive ketones (excluding diaryl/α,β-unsaturated/α-hetero) is 2. The number of carbonyl (C=O) groups is 2. The Labute approximate surface area is 67.0 Å².